The van der Waals surface area contributed by atoms with E-state index in [-0.39, 0.29) is 34.6 Å². The van der Waals surface area contributed by atoms with Gasteiger partial charge in [0.05, 0.1) is 6.10 Å². The van der Waals surface area contributed by atoms with Crippen LogP contribution in [0.4, 0.5) is 0 Å². The van der Waals surface area contributed by atoms with E-state index in [1.165, 1.54) is 18.4 Å². The van der Waals surface area contributed by atoms with Crippen molar-refractivity contribution in [2.45, 2.75) is 64.8 Å². The SMILES string of the molecule is C=C1[C@]2(C)O[C@@H]2[C@@H](O)[C@H]2C(C)(C)CCC[C@]12C. The van der Waals surface area contributed by atoms with Crippen molar-refractivity contribution in [3.8, 4) is 0 Å². The zero-order valence-corrected chi connectivity index (χ0v) is 11.4. The minimum atomic E-state index is -0.328. The zero-order valence-electron chi connectivity index (χ0n) is 11.4. The summed E-state index contributed by atoms with van der Waals surface area (Å²) in [5.41, 5.74) is 1.20. The lowest BCUT2D eigenvalue weighted by Gasteiger charge is -2.56. The van der Waals surface area contributed by atoms with Gasteiger partial charge in [0, 0.05) is 5.92 Å². The largest absolute Gasteiger partial charge is 0.390 e. The second-order valence-corrected chi connectivity index (χ2v) is 7.35. The molecule has 0 aromatic carbocycles. The van der Waals surface area contributed by atoms with Gasteiger partial charge in [-0.25, -0.2) is 0 Å². The van der Waals surface area contributed by atoms with Gasteiger partial charge in [-0.15, -0.1) is 0 Å². The summed E-state index contributed by atoms with van der Waals surface area (Å²) >= 11 is 0. The van der Waals surface area contributed by atoms with Crippen LogP contribution < -0.4 is 0 Å². The van der Waals surface area contributed by atoms with Crippen molar-refractivity contribution in [1.82, 2.24) is 0 Å². The van der Waals surface area contributed by atoms with Crippen LogP contribution in [0.15, 0.2) is 12.2 Å². The molecule has 2 nitrogen and oxygen atoms in total. The molecule has 3 fully saturated rings. The third-order valence-electron chi connectivity index (χ3n) is 5.84. The summed E-state index contributed by atoms with van der Waals surface area (Å²) in [5.74, 6) is 0.289. The highest BCUT2D eigenvalue weighted by Gasteiger charge is 2.71. The fourth-order valence-electron chi connectivity index (χ4n) is 4.87. The molecule has 1 saturated heterocycles. The zero-order chi connectivity index (χ0) is 12.6. The number of epoxide rings is 1. The number of fused-ring (bicyclic) bond motifs is 2. The van der Waals surface area contributed by atoms with Crippen molar-refractivity contribution >= 4 is 0 Å². The van der Waals surface area contributed by atoms with E-state index in [4.69, 9.17) is 4.74 Å². The van der Waals surface area contributed by atoms with Gasteiger partial charge in [-0.2, -0.15) is 0 Å². The van der Waals surface area contributed by atoms with Gasteiger partial charge in [0.2, 0.25) is 0 Å². The summed E-state index contributed by atoms with van der Waals surface area (Å²) in [5, 5.41) is 10.6. The summed E-state index contributed by atoms with van der Waals surface area (Å²) in [6.07, 6.45) is 3.23. The molecular formula is C15H24O2. The first kappa shape index (κ1) is 11.7. The molecule has 0 aromatic heterocycles. The fourth-order valence-corrected chi connectivity index (χ4v) is 4.87. The number of hydrogen-bond acceptors (Lipinski definition) is 2. The quantitative estimate of drug-likeness (QED) is 0.518. The molecule has 0 aromatic rings. The summed E-state index contributed by atoms with van der Waals surface area (Å²) in [6, 6.07) is 0. The Morgan fingerprint density at radius 2 is 1.88 bits per heavy atom. The second-order valence-electron chi connectivity index (χ2n) is 7.35. The van der Waals surface area contributed by atoms with E-state index in [0.29, 0.717) is 0 Å². The molecule has 0 unspecified atom stereocenters. The summed E-state index contributed by atoms with van der Waals surface area (Å²) in [7, 11) is 0. The lowest BCUT2D eigenvalue weighted by Crippen LogP contribution is -2.56. The molecule has 0 amide bonds. The van der Waals surface area contributed by atoms with Crippen molar-refractivity contribution in [2.75, 3.05) is 0 Å². The van der Waals surface area contributed by atoms with Crippen LogP contribution in [-0.2, 0) is 4.74 Å². The number of hydrogen-bond donors (Lipinski definition) is 1. The van der Waals surface area contributed by atoms with Crippen LogP contribution in [0.25, 0.3) is 0 Å². The van der Waals surface area contributed by atoms with Crippen LogP contribution in [-0.4, -0.2) is 22.9 Å². The van der Waals surface area contributed by atoms with E-state index >= 15 is 0 Å². The maximum absolute atomic E-state index is 10.6. The Balaban J connectivity index is 2.08. The molecule has 0 spiro atoms. The van der Waals surface area contributed by atoms with Crippen molar-refractivity contribution in [3.05, 3.63) is 12.2 Å². The van der Waals surface area contributed by atoms with Gasteiger partial charge < -0.3 is 9.84 Å². The average Bonchev–Trinajstić information content (AvgIpc) is 2.88. The van der Waals surface area contributed by atoms with E-state index in [1.54, 1.807) is 0 Å². The van der Waals surface area contributed by atoms with Gasteiger partial charge >= 0.3 is 0 Å². The molecule has 2 aliphatic carbocycles. The Hall–Kier alpha value is -0.340. The van der Waals surface area contributed by atoms with Crippen molar-refractivity contribution in [2.24, 2.45) is 16.7 Å². The Bertz CT molecular complexity index is 386. The molecule has 5 atom stereocenters. The Kier molecular flexibility index (Phi) is 2.05. The third kappa shape index (κ3) is 1.23. The first-order chi connectivity index (χ1) is 7.73. The minimum absolute atomic E-state index is 0.00884. The molecule has 0 bridgehead atoms. The predicted molar refractivity (Wildman–Crippen MR) is 67.7 cm³/mol. The molecule has 1 aliphatic heterocycles. The van der Waals surface area contributed by atoms with Gasteiger partial charge in [0.15, 0.2) is 0 Å². The maximum Gasteiger partial charge on any atom is 0.117 e. The normalized spacial score (nSPS) is 56.1. The van der Waals surface area contributed by atoms with Crippen LogP contribution in [0.5, 0.6) is 0 Å². The van der Waals surface area contributed by atoms with Gasteiger partial charge in [-0.3, -0.25) is 0 Å². The summed E-state index contributed by atoms with van der Waals surface area (Å²) < 4.78 is 5.79. The lowest BCUT2D eigenvalue weighted by molar-refractivity contribution is -0.0815. The van der Waals surface area contributed by atoms with Crippen LogP contribution in [0.1, 0.15) is 47.0 Å². The number of aliphatic hydroxyl groups excluding tert-OH is 1. The van der Waals surface area contributed by atoms with Gasteiger partial charge in [-0.05, 0) is 36.2 Å². The van der Waals surface area contributed by atoms with E-state index in [2.05, 4.69) is 34.3 Å². The highest BCUT2D eigenvalue weighted by molar-refractivity contribution is 5.37. The average molecular weight is 236 g/mol. The van der Waals surface area contributed by atoms with Crippen LogP contribution >= 0.6 is 0 Å². The lowest BCUT2D eigenvalue weighted by atomic mass is 9.48. The third-order valence-corrected chi connectivity index (χ3v) is 5.84. The van der Waals surface area contributed by atoms with Crippen LogP contribution in [0, 0.1) is 16.7 Å². The maximum atomic E-state index is 10.6. The molecule has 1 N–H and O–H groups in total. The topological polar surface area (TPSA) is 32.8 Å². The van der Waals surface area contributed by atoms with Crippen molar-refractivity contribution in [3.63, 3.8) is 0 Å². The monoisotopic (exact) mass is 236 g/mol. The Labute approximate surface area is 104 Å². The molecule has 1 heterocycles. The smallest absolute Gasteiger partial charge is 0.117 e. The van der Waals surface area contributed by atoms with Crippen molar-refractivity contribution in [1.29, 1.82) is 0 Å². The van der Waals surface area contributed by atoms with Crippen molar-refractivity contribution < 1.29 is 9.84 Å². The van der Waals surface area contributed by atoms with E-state index in [0.717, 1.165) is 6.42 Å². The predicted octanol–water partition coefficient (Wildman–Crippen LogP) is 2.91. The molecule has 2 saturated carbocycles. The standard InChI is InChI=1S/C15H24O2/c1-9-14(4)8-6-7-13(2,3)11(14)10(16)12-15(9,5)17-12/h10-12,16H,1,6-8H2,2-5H3/t10-,11-,12+,14+,15-/m0/s1. The molecule has 3 aliphatic rings. The van der Waals surface area contributed by atoms with Gasteiger partial charge in [0.1, 0.15) is 11.7 Å². The van der Waals surface area contributed by atoms with Crippen LogP contribution in [0.3, 0.4) is 0 Å². The summed E-state index contributed by atoms with van der Waals surface area (Å²) in [4.78, 5) is 0. The number of aliphatic hydroxyl groups is 1. The van der Waals surface area contributed by atoms with Crippen LogP contribution in [0.2, 0.25) is 0 Å². The number of ether oxygens (including phenoxy) is 1. The molecule has 96 valence electrons. The molecule has 0 radical (unpaired) electrons. The highest BCUT2D eigenvalue weighted by atomic mass is 16.6. The van der Waals surface area contributed by atoms with E-state index in [9.17, 15) is 5.11 Å². The highest BCUT2D eigenvalue weighted by Crippen LogP contribution is 2.67. The first-order valence-corrected chi connectivity index (χ1v) is 6.79. The van der Waals surface area contributed by atoms with Gasteiger partial charge in [-0.1, -0.05) is 33.8 Å². The first-order valence-electron chi connectivity index (χ1n) is 6.79. The Morgan fingerprint density at radius 1 is 1.24 bits per heavy atom. The molecule has 3 rings (SSSR count). The number of rotatable bonds is 0. The molecule has 2 heteroatoms. The van der Waals surface area contributed by atoms with Gasteiger partial charge in [0.25, 0.3) is 0 Å². The second kappa shape index (κ2) is 2.97. The van der Waals surface area contributed by atoms with E-state index in [1.807, 2.05) is 0 Å². The van der Waals surface area contributed by atoms with E-state index < -0.39 is 0 Å². The molecular weight excluding hydrogens is 212 g/mol. The minimum Gasteiger partial charge on any atom is -0.390 e. The summed E-state index contributed by atoms with van der Waals surface area (Å²) in [6.45, 7) is 13.3. The Morgan fingerprint density at radius 3 is 2.53 bits per heavy atom. The fraction of sp³-hybridized carbons (Fsp3) is 0.867. The molecule has 17 heavy (non-hydrogen) atoms.